The van der Waals surface area contributed by atoms with Crippen LogP contribution >= 0.6 is 11.6 Å². The summed E-state index contributed by atoms with van der Waals surface area (Å²) in [5, 5.41) is 5.26. The maximum atomic E-state index is 13.2. The summed E-state index contributed by atoms with van der Waals surface area (Å²) < 4.78 is 7.14. The van der Waals surface area contributed by atoms with Crippen molar-refractivity contribution < 1.29 is 9.21 Å². The number of piperidine rings is 1. The van der Waals surface area contributed by atoms with Crippen LogP contribution in [-0.4, -0.2) is 33.7 Å². The number of rotatable bonds is 3. The fourth-order valence-electron chi connectivity index (χ4n) is 3.23. The zero-order valence-corrected chi connectivity index (χ0v) is 15.3. The predicted molar refractivity (Wildman–Crippen MR) is 101 cm³/mol. The Bertz CT molecular complexity index is 892. The van der Waals surface area contributed by atoms with Crippen LogP contribution < -0.4 is 0 Å². The van der Waals surface area contributed by atoms with Crippen LogP contribution in [0.1, 0.15) is 30.3 Å². The van der Waals surface area contributed by atoms with Crippen LogP contribution in [-0.2, 0) is 0 Å². The first-order valence-corrected chi connectivity index (χ1v) is 9.19. The number of furan rings is 1. The van der Waals surface area contributed by atoms with Crippen molar-refractivity contribution in [1.29, 1.82) is 0 Å². The Morgan fingerprint density at radius 3 is 2.58 bits per heavy atom. The minimum atomic E-state index is -0.00263. The molecule has 1 aliphatic heterocycles. The Balaban J connectivity index is 1.74. The molecule has 0 spiro atoms. The normalized spacial score (nSPS) is 15.4. The SMILES string of the molecule is CC1CCN(C(=O)c2cc(-c3ccco3)nn2-c2ccc(Cl)cc2)CC1. The van der Waals surface area contributed by atoms with Crippen molar-refractivity contribution in [3.8, 4) is 17.1 Å². The molecule has 1 fully saturated rings. The van der Waals surface area contributed by atoms with Crippen LogP contribution in [0.2, 0.25) is 5.02 Å². The minimum absolute atomic E-state index is 0.00263. The Labute approximate surface area is 157 Å². The first-order chi connectivity index (χ1) is 12.6. The van der Waals surface area contributed by atoms with Gasteiger partial charge in [0, 0.05) is 24.2 Å². The lowest BCUT2D eigenvalue weighted by molar-refractivity contribution is 0.0688. The number of likely N-dealkylation sites (tertiary alicyclic amines) is 1. The quantitative estimate of drug-likeness (QED) is 0.674. The lowest BCUT2D eigenvalue weighted by Crippen LogP contribution is -2.38. The standard InChI is InChI=1S/C20H20ClN3O2/c1-14-8-10-23(11-9-14)20(25)18-13-17(19-3-2-12-26-19)22-24(18)16-6-4-15(21)5-7-16/h2-7,12-14H,8-11H2,1H3. The van der Waals surface area contributed by atoms with Crippen LogP contribution in [0.25, 0.3) is 17.1 Å². The lowest BCUT2D eigenvalue weighted by atomic mass is 9.99. The zero-order valence-electron chi connectivity index (χ0n) is 14.6. The molecule has 0 atom stereocenters. The van der Waals surface area contributed by atoms with E-state index in [9.17, 15) is 4.79 Å². The van der Waals surface area contributed by atoms with Crippen molar-refractivity contribution in [1.82, 2.24) is 14.7 Å². The van der Waals surface area contributed by atoms with Crippen molar-refractivity contribution in [2.24, 2.45) is 5.92 Å². The molecule has 5 nitrogen and oxygen atoms in total. The molecule has 1 amide bonds. The van der Waals surface area contributed by atoms with Crippen molar-refractivity contribution in [3.63, 3.8) is 0 Å². The molecular formula is C20H20ClN3O2. The molecule has 0 bridgehead atoms. The number of aromatic nitrogens is 2. The molecule has 1 saturated heterocycles. The van der Waals surface area contributed by atoms with Gasteiger partial charge < -0.3 is 9.32 Å². The van der Waals surface area contributed by atoms with E-state index in [1.165, 1.54) is 0 Å². The Morgan fingerprint density at radius 1 is 1.19 bits per heavy atom. The topological polar surface area (TPSA) is 51.3 Å². The molecule has 0 saturated carbocycles. The summed E-state index contributed by atoms with van der Waals surface area (Å²) in [7, 11) is 0. The summed E-state index contributed by atoms with van der Waals surface area (Å²) in [5.41, 5.74) is 1.97. The van der Waals surface area contributed by atoms with Crippen molar-refractivity contribution in [2.75, 3.05) is 13.1 Å². The predicted octanol–water partition coefficient (Wildman–Crippen LogP) is 4.66. The van der Waals surface area contributed by atoms with Gasteiger partial charge in [0.05, 0.1) is 12.0 Å². The molecule has 0 radical (unpaired) electrons. The van der Waals surface area contributed by atoms with Crippen LogP contribution in [0.5, 0.6) is 0 Å². The number of carbonyl (C=O) groups is 1. The van der Waals surface area contributed by atoms with Gasteiger partial charge in [0.15, 0.2) is 5.76 Å². The van der Waals surface area contributed by atoms with E-state index < -0.39 is 0 Å². The molecule has 1 aliphatic rings. The van der Waals surface area contributed by atoms with Crippen LogP contribution in [0.15, 0.2) is 53.1 Å². The number of benzene rings is 1. The van der Waals surface area contributed by atoms with Gasteiger partial charge in [-0.25, -0.2) is 4.68 Å². The van der Waals surface area contributed by atoms with E-state index in [0.29, 0.717) is 28.1 Å². The van der Waals surface area contributed by atoms with Crippen molar-refractivity contribution >= 4 is 17.5 Å². The zero-order chi connectivity index (χ0) is 18.1. The van der Waals surface area contributed by atoms with E-state index >= 15 is 0 Å². The van der Waals surface area contributed by atoms with Crippen molar-refractivity contribution in [2.45, 2.75) is 19.8 Å². The van der Waals surface area contributed by atoms with Gasteiger partial charge in [-0.15, -0.1) is 0 Å². The van der Waals surface area contributed by atoms with Gasteiger partial charge in [0.2, 0.25) is 0 Å². The van der Waals surface area contributed by atoms with Gasteiger partial charge in [0.1, 0.15) is 11.4 Å². The maximum absolute atomic E-state index is 13.2. The molecule has 3 heterocycles. The average molecular weight is 370 g/mol. The first-order valence-electron chi connectivity index (χ1n) is 8.81. The molecule has 134 valence electrons. The van der Waals surface area contributed by atoms with E-state index in [-0.39, 0.29) is 5.91 Å². The van der Waals surface area contributed by atoms with E-state index in [1.54, 1.807) is 29.1 Å². The molecule has 0 unspecified atom stereocenters. The average Bonchev–Trinajstić information content (AvgIpc) is 3.32. The largest absolute Gasteiger partial charge is 0.463 e. The highest BCUT2D eigenvalue weighted by atomic mass is 35.5. The highest BCUT2D eigenvalue weighted by molar-refractivity contribution is 6.30. The van der Waals surface area contributed by atoms with E-state index in [4.69, 9.17) is 16.0 Å². The highest BCUT2D eigenvalue weighted by Gasteiger charge is 2.26. The number of hydrogen-bond donors (Lipinski definition) is 0. The van der Waals surface area contributed by atoms with Gasteiger partial charge in [0.25, 0.3) is 5.91 Å². The van der Waals surface area contributed by atoms with Crippen LogP contribution in [0, 0.1) is 5.92 Å². The number of halogens is 1. The molecule has 3 aromatic rings. The summed E-state index contributed by atoms with van der Waals surface area (Å²) in [5.74, 6) is 1.30. The smallest absolute Gasteiger partial charge is 0.272 e. The second-order valence-corrected chi connectivity index (χ2v) is 7.19. The number of carbonyl (C=O) groups excluding carboxylic acids is 1. The number of nitrogens with zero attached hydrogens (tertiary/aromatic N) is 3. The first kappa shape index (κ1) is 16.9. The second-order valence-electron chi connectivity index (χ2n) is 6.76. The monoisotopic (exact) mass is 369 g/mol. The molecule has 0 N–H and O–H groups in total. The molecular weight excluding hydrogens is 350 g/mol. The number of hydrogen-bond acceptors (Lipinski definition) is 3. The van der Waals surface area contributed by atoms with Gasteiger partial charge in [-0.05, 0) is 55.2 Å². The summed E-state index contributed by atoms with van der Waals surface area (Å²) >= 11 is 6.00. The van der Waals surface area contributed by atoms with Gasteiger partial charge >= 0.3 is 0 Å². The molecule has 2 aromatic heterocycles. The maximum Gasteiger partial charge on any atom is 0.272 e. The summed E-state index contributed by atoms with van der Waals surface area (Å²) in [4.78, 5) is 15.1. The highest BCUT2D eigenvalue weighted by Crippen LogP contribution is 2.25. The molecule has 1 aromatic carbocycles. The molecule has 6 heteroatoms. The lowest BCUT2D eigenvalue weighted by Gasteiger charge is -2.30. The molecule has 26 heavy (non-hydrogen) atoms. The summed E-state index contributed by atoms with van der Waals surface area (Å²) in [6, 6.07) is 12.7. The molecule has 0 aliphatic carbocycles. The van der Waals surface area contributed by atoms with Gasteiger partial charge in [-0.1, -0.05) is 18.5 Å². The van der Waals surface area contributed by atoms with Crippen molar-refractivity contribution in [3.05, 3.63) is 59.4 Å². The summed E-state index contributed by atoms with van der Waals surface area (Å²) in [6.45, 7) is 3.79. The Kier molecular flexibility index (Phi) is 4.55. The van der Waals surface area contributed by atoms with Gasteiger partial charge in [-0.2, -0.15) is 5.10 Å². The van der Waals surface area contributed by atoms with E-state index in [2.05, 4.69) is 12.0 Å². The summed E-state index contributed by atoms with van der Waals surface area (Å²) in [6.07, 6.45) is 3.67. The van der Waals surface area contributed by atoms with E-state index in [0.717, 1.165) is 31.6 Å². The molecule has 4 rings (SSSR count). The number of amides is 1. The Morgan fingerprint density at radius 2 is 1.92 bits per heavy atom. The fraction of sp³-hybridized carbons (Fsp3) is 0.300. The third-order valence-electron chi connectivity index (χ3n) is 4.84. The van der Waals surface area contributed by atoms with Gasteiger partial charge in [-0.3, -0.25) is 4.79 Å². The third-order valence-corrected chi connectivity index (χ3v) is 5.10. The fourth-order valence-corrected chi connectivity index (χ4v) is 3.36. The van der Waals surface area contributed by atoms with E-state index in [1.807, 2.05) is 29.2 Å². The van der Waals surface area contributed by atoms with Crippen LogP contribution in [0.4, 0.5) is 0 Å². The third kappa shape index (κ3) is 3.27. The Hall–Kier alpha value is -2.53. The second kappa shape index (κ2) is 7.00. The van der Waals surface area contributed by atoms with Crippen LogP contribution in [0.3, 0.4) is 0 Å². The minimum Gasteiger partial charge on any atom is -0.463 e.